The minimum Gasteiger partial charge on any atom is -0.430 e. The van der Waals surface area contributed by atoms with Gasteiger partial charge in [0.25, 0.3) is 0 Å². The van der Waals surface area contributed by atoms with Crippen LogP contribution < -0.4 is 0 Å². The van der Waals surface area contributed by atoms with Crippen molar-refractivity contribution in [3.05, 3.63) is 0 Å². The topological polar surface area (TPSA) is 43.4 Å². The third-order valence-corrected chi connectivity index (χ3v) is 0.902. The van der Waals surface area contributed by atoms with E-state index in [0.717, 1.165) is 6.26 Å². The van der Waals surface area contributed by atoms with E-state index < -0.39 is 15.8 Å². The highest BCUT2D eigenvalue weighted by Gasteiger charge is 1.98. The predicted octanol–water partition coefficient (Wildman–Crippen LogP) is -0.404. The summed E-state index contributed by atoms with van der Waals surface area (Å²) in [6, 6.07) is 0. The molecule has 0 radical (unpaired) electrons. The average Bonchev–Trinajstić information content (AvgIpc) is 1.59. The molecule has 8 heavy (non-hydrogen) atoms. The highest BCUT2D eigenvalue weighted by molar-refractivity contribution is 7.90. The van der Waals surface area contributed by atoms with Crippen molar-refractivity contribution in [3.63, 3.8) is 0 Å². The van der Waals surface area contributed by atoms with E-state index in [1.807, 2.05) is 0 Å². The molecular formula is C4H6O3S. The molecule has 0 saturated heterocycles. The van der Waals surface area contributed by atoms with E-state index in [9.17, 15) is 8.42 Å². The molecule has 0 aliphatic heterocycles. The van der Waals surface area contributed by atoms with Crippen molar-refractivity contribution in [3.8, 4) is 12.5 Å². The van der Waals surface area contributed by atoms with Gasteiger partial charge in [-0.25, -0.2) is 8.42 Å². The molecule has 0 N–H and O–H groups in total. The van der Waals surface area contributed by atoms with Crippen LogP contribution in [0, 0.1) is 12.5 Å². The monoisotopic (exact) mass is 134 g/mol. The lowest BCUT2D eigenvalue weighted by Gasteiger charge is -1.90. The molecule has 3 nitrogen and oxygen atoms in total. The number of hydrogen-bond acceptors (Lipinski definition) is 3. The SMILES string of the molecule is C#COCS(C)(=O)=O. The van der Waals surface area contributed by atoms with E-state index in [1.54, 1.807) is 6.11 Å². The van der Waals surface area contributed by atoms with Gasteiger partial charge < -0.3 is 4.74 Å². The Balaban J connectivity index is 3.63. The van der Waals surface area contributed by atoms with Crippen LogP contribution >= 0.6 is 0 Å². The molecule has 0 atom stereocenters. The van der Waals surface area contributed by atoms with Gasteiger partial charge in [-0.1, -0.05) is 6.42 Å². The highest BCUT2D eigenvalue weighted by atomic mass is 32.2. The van der Waals surface area contributed by atoms with Gasteiger partial charge in [0.05, 0.1) is 0 Å². The summed E-state index contributed by atoms with van der Waals surface area (Å²) in [5.41, 5.74) is 0. The van der Waals surface area contributed by atoms with Crippen LogP contribution in [-0.4, -0.2) is 20.6 Å². The van der Waals surface area contributed by atoms with Crippen molar-refractivity contribution < 1.29 is 13.2 Å². The van der Waals surface area contributed by atoms with Crippen LogP contribution in [0.3, 0.4) is 0 Å². The van der Waals surface area contributed by atoms with Crippen molar-refractivity contribution in [1.82, 2.24) is 0 Å². The second kappa shape index (κ2) is 2.58. The van der Waals surface area contributed by atoms with Crippen molar-refractivity contribution in [2.24, 2.45) is 0 Å². The smallest absolute Gasteiger partial charge is 0.200 e. The average molecular weight is 134 g/mol. The molecule has 0 aromatic heterocycles. The Morgan fingerprint density at radius 3 is 2.38 bits per heavy atom. The molecule has 0 bridgehead atoms. The minimum absolute atomic E-state index is 0.399. The maximum absolute atomic E-state index is 10.2. The zero-order chi connectivity index (χ0) is 6.62. The first kappa shape index (κ1) is 7.31. The molecule has 0 aromatic rings. The summed E-state index contributed by atoms with van der Waals surface area (Å²) in [6.45, 7) is 0. The molecule has 4 heteroatoms. The van der Waals surface area contributed by atoms with Gasteiger partial charge in [0.2, 0.25) is 5.94 Å². The Bertz CT molecular complexity index is 184. The molecule has 0 unspecified atom stereocenters. The molecule has 0 heterocycles. The molecular weight excluding hydrogens is 128 g/mol. The van der Waals surface area contributed by atoms with Gasteiger partial charge in [0.1, 0.15) is 6.11 Å². The number of ether oxygens (including phenoxy) is 1. The van der Waals surface area contributed by atoms with E-state index in [4.69, 9.17) is 0 Å². The molecule has 0 aromatic carbocycles. The van der Waals surface area contributed by atoms with Gasteiger partial charge in [-0.05, 0) is 0 Å². The molecule has 0 amide bonds. The van der Waals surface area contributed by atoms with Crippen molar-refractivity contribution in [1.29, 1.82) is 0 Å². The van der Waals surface area contributed by atoms with Gasteiger partial charge in [0, 0.05) is 6.26 Å². The zero-order valence-corrected chi connectivity index (χ0v) is 5.23. The quantitative estimate of drug-likeness (QED) is 0.482. The molecule has 0 saturated carbocycles. The first-order valence-corrected chi connectivity index (χ1v) is 3.87. The summed E-state index contributed by atoms with van der Waals surface area (Å²) >= 11 is 0. The second-order valence-corrected chi connectivity index (χ2v) is 3.39. The largest absolute Gasteiger partial charge is 0.430 e. The summed E-state index contributed by atoms with van der Waals surface area (Å²) in [5.74, 6) is -0.399. The third-order valence-electron chi connectivity index (χ3n) is 0.356. The van der Waals surface area contributed by atoms with E-state index in [1.165, 1.54) is 0 Å². The molecule has 0 rings (SSSR count). The lowest BCUT2D eigenvalue weighted by molar-refractivity contribution is 0.338. The first-order chi connectivity index (χ1) is 3.56. The third kappa shape index (κ3) is 5.31. The number of hydrogen-bond donors (Lipinski definition) is 0. The summed E-state index contributed by atoms with van der Waals surface area (Å²) in [6.07, 6.45) is 7.39. The number of sulfone groups is 1. The Morgan fingerprint density at radius 1 is 1.75 bits per heavy atom. The standard InChI is InChI=1S/C4H6O3S/c1-3-7-4-8(2,5)6/h1H,4H2,2H3. The summed E-state index contributed by atoms with van der Waals surface area (Å²) in [4.78, 5) is 0. The van der Waals surface area contributed by atoms with Crippen LogP contribution in [-0.2, 0) is 14.6 Å². The lowest BCUT2D eigenvalue weighted by Crippen LogP contribution is -2.03. The molecule has 0 spiro atoms. The minimum atomic E-state index is -3.05. The Morgan fingerprint density at radius 2 is 2.25 bits per heavy atom. The summed E-state index contributed by atoms with van der Waals surface area (Å²) in [5, 5.41) is 0. The Kier molecular flexibility index (Phi) is 2.35. The normalized spacial score (nSPS) is 10.0. The van der Waals surface area contributed by atoms with Crippen molar-refractivity contribution in [2.45, 2.75) is 0 Å². The number of rotatable bonds is 2. The molecule has 0 fully saturated rings. The van der Waals surface area contributed by atoms with Crippen LogP contribution in [0.1, 0.15) is 0 Å². The van der Waals surface area contributed by atoms with Gasteiger partial charge in [-0.3, -0.25) is 0 Å². The van der Waals surface area contributed by atoms with Crippen LogP contribution in [0.2, 0.25) is 0 Å². The van der Waals surface area contributed by atoms with Gasteiger partial charge >= 0.3 is 0 Å². The van der Waals surface area contributed by atoms with Gasteiger partial charge in [-0.15, -0.1) is 0 Å². The van der Waals surface area contributed by atoms with E-state index in [0.29, 0.717) is 0 Å². The fourth-order valence-electron chi connectivity index (χ4n) is 0.141. The summed E-state index contributed by atoms with van der Waals surface area (Å²) < 4.78 is 24.5. The Hall–Kier alpha value is -0.690. The van der Waals surface area contributed by atoms with Crippen LogP contribution in [0.4, 0.5) is 0 Å². The van der Waals surface area contributed by atoms with E-state index in [2.05, 4.69) is 11.2 Å². The molecule has 46 valence electrons. The second-order valence-electron chi connectivity index (χ2n) is 1.31. The van der Waals surface area contributed by atoms with E-state index >= 15 is 0 Å². The van der Waals surface area contributed by atoms with Crippen LogP contribution in [0.25, 0.3) is 0 Å². The van der Waals surface area contributed by atoms with Crippen LogP contribution in [0.5, 0.6) is 0 Å². The fourth-order valence-corrected chi connectivity index (χ4v) is 0.423. The number of terminal acetylenes is 1. The van der Waals surface area contributed by atoms with E-state index in [-0.39, 0.29) is 0 Å². The Labute approximate surface area is 48.6 Å². The fraction of sp³-hybridized carbons (Fsp3) is 0.500. The zero-order valence-electron chi connectivity index (χ0n) is 4.42. The van der Waals surface area contributed by atoms with Crippen LogP contribution in [0.15, 0.2) is 0 Å². The van der Waals surface area contributed by atoms with Crippen molar-refractivity contribution >= 4 is 9.84 Å². The molecule has 0 aliphatic carbocycles. The van der Waals surface area contributed by atoms with Crippen molar-refractivity contribution in [2.75, 3.05) is 12.2 Å². The maximum atomic E-state index is 10.2. The van der Waals surface area contributed by atoms with Gasteiger partial charge in [0.15, 0.2) is 9.84 Å². The maximum Gasteiger partial charge on any atom is 0.200 e. The first-order valence-electron chi connectivity index (χ1n) is 1.81. The van der Waals surface area contributed by atoms with Gasteiger partial charge in [-0.2, -0.15) is 0 Å². The molecule has 0 aliphatic rings. The highest BCUT2D eigenvalue weighted by Crippen LogP contribution is 1.80. The lowest BCUT2D eigenvalue weighted by atomic mass is 11.3. The summed E-state index contributed by atoms with van der Waals surface area (Å²) in [7, 11) is -3.05. The predicted molar refractivity (Wildman–Crippen MR) is 29.6 cm³/mol.